The summed E-state index contributed by atoms with van der Waals surface area (Å²) in [6.07, 6.45) is 2.12. The number of hydrogen-bond acceptors (Lipinski definition) is 2. The Hall–Kier alpha value is -2.04. The minimum atomic E-state index is -0.872. The fourth-order valence-corrected chi connectivity index (χ4v) is 2.85. The molecule has 0 spiro atoms. The molecule has 2 N–H and O–H groups in total. The van der Waals surface area contributed by atoms with Crippen molar-refractivity contribution in [2.75, 3.05) is 11.9 Å². The van der Waals surface area contributed by atoms with Crippen LogP contribution in [0.3, 0.4) is 0 Å². The summed E-state index contributed by atoms with van der Waals surface area (Å²) in [5, 5.41) is 12.3. The van der Waals surface area contributed by atoms with E-state index in [1.165, 1.54) is 4.90 Å². The van der Waals surface area contributed by atoms with Crippen LogP contribution >= 0.6 is 0 Å². The number of aryl methyl sites for hydroxylation is 1. The van der Waals surface area contributed by atoms with E-state index in [9.17, 15) is 14.7 Å². The molecule has 1 saturated carbocycles. The average Bonchev–Trinajstić information content (AvgIpc) is 2.80. The monoisotopic (exact) mass is 290 g/mol. The van der Waals surface area contributed by atoms with Crippen LogP contribution in [0.15, 0.2) is 24.3 Å². The lowest BCUT2D eigenvalue weighted by Crippen LogP contribution is -2.50. The van der Waals surface area contributed by atoms with Crippen molar-refractivity contribution in [1.29, 1.82) is 0 Å². The van der Waals surface area contributed by atoms with Crippen molar-refractivity contribution in [3.8, 4) is 0 Å². The average molecular weight is 290 g/mol. The lowest BCUT2D eigenvalue weighted by atomic mass is 9.85. The van der Waals surface area contributed by atoms with E-state index in [2.05, 4.69) is 5.32 Å². The zero-order valence-corrected chi connectivity index (χ0v) is 12.7. The molecule has 2 atom stereocenters. The third kappa shape index (κ3) is 3.01. The molecule has 0 aliphatic heterocycles. The Bertz CT molecular complexity index is 558. The van der Waals surface area contributed by atoms with E-state index in [4.69, 9.17) is 0 Å². The Morgan fingerprint density at radius 2 is 2.14 bits per heavy atom. The van der Waals surface area contributed by atoms with Crippen LogP contribution in [-0.2, 0) is 4.79 Å². The van der Waals surface area contributed by atoms with Gasteiger partial charge in [0.2, 0.25) is 0 Å². The van der Waals surface area contributed by atoms with Gasteiger partial charge in [-0.3, -0.25) is 9.69 Å². The number of amides is 2. The number of carboxylic acids is 1. The zero-order valence-electron chi connectivity index (χ0n) is 12.7. The van der Waals surface area contributed by atoms with Gasteiger partial charge in [-0.15, -0.1) is 0 Å². The second-order valence-electron chi connectivity index (χ2n) is 6.01. The Balaban J connectivity index is 2.09. The molecular weight excluding hydrogens is 268 g/mol. The molecule has 2 amide bonds. The van der Waals surface area contributed by atoms with Gasteiger partial charge in [-0.2, -0.15) is 0 Å². The number of urea groups is 1. The van der Waals surface area contributed by atoms with Gasteiger partial charge < -0.3 is 10.4 Å². The van der Waals surface area contributed by atoms with E-state index < -0.39 is 11.4 Å². The summed E-state index contributed by atoms with van der Waals surface area (Å²) in [5.74, 6) is -0.844. The SMILES string of the molecule is Cc1cccc(N(C)C(=O)NC2CCCC2(C)C(=O)O)c1. The summed E-state index contributed by atoms with van der Waals surface area (Å²) in [5.41, 5.74) is 0.995. The first-order chi connectivity index (χ1) is 9.84. The van der Waals surface area contributed by atoms with Gasteiger partial charge in [-0.1, -0.05) is 18.6 Å². The highest BCUT2D eigenvalue weighted by atomic mass is 16.4. The number of rotatable bonds is 3. The molecule has 0 aromatic heterocycles. The van der Waals surface area contributed by atoms with Crippen molar-refractivity contribution < 1.29 is 14.7 Å². The quantitative estimate of drug-likeness (QED) is 0.899. The van der Waals surface area contributed by atoms with Crippen LogP contribution in [0.2, 0.25) is 0 Å². The number of benzene rings is 1. The van der Waals surface area contributed by atoms with Crippen molar-refractivity contribution in [3.05, 3.63) is 29.8 Å². The molecule has 0 bridgehead atoms. The molecule has 1 aliphatic carbocycles. The number of anilines is 1. The number of nitrogens with zero attached hydrogens (tertiary/aromatic N) is 1. The third-order valence-corrected chi connectivity index (χ3v) is 4.44. The van der Waals surface area contributed by atoms with Gasteiger partial charge in [-0.25, -0.2) is 4.79 Å². The molecule has 1 aromatic rings. The van der Waals surface area contributed by atoms with Gasteiger partial charge in [0.05, 0.1) is 5.41 Å². The number of aliphatic carboxylic acids is 1. The summed E-state index contributed by atoms with van der Waals surface area (Å²) >= 11 is 0. The normalized spacial score (nSPS) is 24.6. The molecular formula is C16H22N2O3. The van der Waals surface area contributed by atoms with E-state index in [1.807, 2.05) is 31.2 Å². The fraction of sp³-hybridized carbons (Fsp3) is 0.500. The number of nitrogens with one attached hydrogen (secondary N) is 1. The molecule has 1 fully saturated rings. The number of carboxylic acid groups (broad SMARTS) is 1. The number of carbonyl (C=O) groups excluding carboxylic acids is 1. The molecule has 1 aliphatic rings. The molecule has 0 radical (unpaired) electrons. The molecule has 0 saturated heterocycles. The molecule has 0 heterocycles. The van der Waals surface area contributed by atoms with E-state index in [0.717, 1.165) is 17.7 Å². The number of carbonyl (C=O) groups is 2. The fourth-order valence-electron chi connectivity index (χ4n) is 2.85. The molecule has 1 aromatic carbocycles. The molecule has 2 rings (SSSR count). The predicted molar refractivity (Wildman–Crippen MR) is 81.5 cm³/mol. The molecule has 21 heavy (non-hydrogen) atoms. The van der Waals surface area contributed by atoms with Gasteiger partial charge in [0.25, 0.3) is 0 Å². The highest BCUT2D eigenvalue weighted by molar-refractivity contribution is 5.92. The molecule has 2 unspecified atom stereocenters. The Morgan fingerprint density at radius 3 is 2.76 bits per heavy atom. The van der Waals surface area contributed by atoms with Crippen LogP contribution in [0, 0.1) is 12.3 Å². The first kappa shape index (κ1) is 15.4. The van der Waals surface area contributed by atoms with Crippen LogP contribution < -0.4 is 10.2 Å². The predicted octanol–water partition coefficient (Wildman–Crippen LogP) is 2.78. The van der Waals surface area contributed by atoms with Crippen LogP contribution in [0.5, 0.6) is 0 Å². The van der Waals surface area contributed by atoms with Gasteiger partial charge >= 0.3 is 12.0 Å². The molecule has 114 valence electrons. The summed E-state index contributed by atoms with van der Waals surface area (Å²) in [4.78, 5) is 25.3. The second kappa shape index (κ2) is 5.76. The van der Waals surface area contributed by atoms with Crippen molar-refractivity contribution >= 4 is 17.7 Å². The lowest BCUT2D eigenvalue weighted by Gasteiger charge is -2.29. The zero-order chi connectivity index (χ0) is 15.6. The largest absolute Gasteiger partial charge is 0.481 e. The van der Waals surface area contributed by atoms with Crippen LogP contribution in [0.1, 0.15) is 31.7 Å². The summed E-state index contributed by atoms with van der Waals surface area (Å²) in [6.45, 7) is 3.67. The summed E-state index contributed by atoms with van der Waals surface area (Å²) in [6, 6.07) is 7.05. The lowest BCUT2D eigenvalue weighted by molar-refractivity contribution is -0.148. The molecule has 5 nitrogen and oxygen atoms in total. The first-order valence-electron chi connectivity index (χ1n) is 7.19. The maximum Gasteiger partial charge on any atom is 0.321 e. The van der Waals surface area contributed by atoms with Crippen LogP contribution in [0.4, 0.5) is 10.5 Å². The summed E-state index contributed by atoms with van der Waals surface area (Å²) in [7, 11) is 1.69. The highest BCUT2D eigenvalue weighted by Gasteiger charge is 2.46. The van der Waals surface area contributed by atoms with E-state index in [0.29, 0.717) is 12.8 Å². The topological polar surface area (TPSA) is 69.6 Å². The highest BCUT2D eigenvalue weighted by Crippen LogP contribution is 2.38. The van der Waals surface area contributed by atoms with Crippen molar-refractivity contribution in [1.82, 2.24) is 5.32 Å². The maximum atomic E-state index is 12.3. The number of hydrogen-bond donors (Lipinski definition) is 2. The Morgan fingerprint density at radius 1 is 1.43 bits per heavy atom. The van der Waals surface area contributed by atoms with Crippen molar-refractivity contribution in [3.63, 3.8) is 0 Å². The third-order valence-electron chi connectivity index (χ3n) is 4.44. The van der Waals surface area contributed by atoms with Gasteiger partial charge in [0.1, 0.15) is 0 Å². The van der Waals surface area contributed by atoms with Crippen LogP contribution in [0.25, 0.3) is 0 Å². The van der Waals surface area contributed by atoms with E-state index in [-0.39, 0.29) is 12.1 Å². The summed E-state index contributed by atoms with van der Waals surface area (Å²) < 4.78 is 0. The Labute approximate surface area is 125 Å². The minimum absolute atomic E-state index is 0.264. The minimum Gasteiger partial charge on any atom is -0.481 e. The van der Waals surface area contributed by atoms with Gasteiger partial charge in [0, 0.05) is 18.8 Å². The van der Waals surface area contributed by atoms with Gasteiger partial charge in [-0.05, 0) is 44.4 Å². The standard InChI is InChI=1S/C16H22N2O3/c1-11-6-4-7-12(10-11)18(3)15(21)17-13-8-5-9-16(13,2)14(19)20/h4,6-7,10,13H,5,8-9H2,1-3H3,(H,17,21)(H,19,20). The van der Waals surface area contributed by atoms with Crippen molar-refractivity contribution in [2.45, 2.75) is 39.2 Å². The molecule has 5 heteroatoms. The smallest absolute Gasteiger partial charge is 0.321 e. The first-order valence-corrected chi connectivity index (χ1v) is 7.19. The van der Waals surface area contributed by atoms with Crippen LogP contribution in [-0.4, -0.2) is 30.2 Å². The second-order valence-corrected chi connectivity index (χ2v) is 6.01. The maximum absolute atomic E-state index is 12.3. The van der Waals surface area contributed by atoms with Crippen molar-refractivity contribution in [2.24, 2.45) is 5.41 Å². The van der Waals surface area contributed by atoms with Gasteiger partial charge in [0.15, 0.2) is 0 Å². The van der Waals surface area contributed by atoms with E-state index >= 15 is 0 Å². The Kier molecular flexibility index (Phi) is 4.21. The van der Waals surface area contributed by atoms with E-state index in [1.54, 1.807) is 14.0 Å².